The molecule has 37 heavy (non-hydrogen) atoms. The van der Waals surface area contributed by atoms with Crippen molar-refractivity contribution in [2.24, 2.45) is 0 Å². The zero-order chi connectivity index (χ0) is 26.1. The van der Waals surface area contributed by atoms with Crippen molar-refractivity contribution in [3.63, 3.8) is 0 Å². The Labute approximate surface area is 223 Å². The number of benzene rings is 3. The van der Waals surface area contributed by atoms with E-state index in [0.717, 1.165) is 5.56 Å². The molecule has 0 N–H and O–H groups in total. The molecule has 0 saturated carbocycles. The minimum absolute atomic E-state index is 0.105. The zero-order valence-electron chi connectivity index (χ0n) is 20.0. The number of Topliss-reactive ketones (excluding diaryl/α,β-unsaturated/α-hetero) is 1. The van der Waals surface area contributed by atoms with Crippen molar-refractivity contribution >= 4 is 34.9 Å². The van der Waals surface area contributed by atoms with E-state index in [0.29, 0.717) is 34.3 Å². The predicted molar refractivity (Wildman–Crippen MR) is 142 cm³/mol. The molecule has 0 aliphatic carbocycles. The number of imidazole rings is 1. The lowest BCUT2D eigenvalue weighted by molar-refractivity contribution is 0.0707. The molecule has 2 heterocycles. The molecule has 0 unspecified atom stereocenters. The van der Waals surface area contributed by atoms with Crippen molar-refractivity contribution in [3.8, 4) is 11.4 Å². The van der Waals surface area contributed by atoms with Crippen LogP contribution >= 0.6 is 23.2 Å². The molecule has 5 rings (SSSR count). The van der Waals surface area contributed by atoms with Crippen LogP contribution in [0.1, 0.15) is 32.1 Å². The first kappa shape index (κ1) is 24.9. The van der Waals surface area contributed by atoms with Gasteiger partial charge in [0.15, 0.2) is 5.78 Å². The van der Waals surface area contributed by atoms with Crippen LogP contribution in [0, 0.1) is 0 Å². The molecule has 1 aliphatic heterocycles. The lowest BCUT2D eigenvalue weighted by Crippen LogP contribution is -2.41. The lowest BCUT2D eigenvalue weighted by Gasteiger charge is -2.28. The average Bonchev–Trinajstić information content (AvgIpc) is 3.22. The van der Waals surface area contributed by atoms with Gasteiger partial charge in [-0.1, -0.05) is 53.5 Å². The van der Waals surface area contributed by atoms with E-state index in [1.807, 2.05) is 30.3 Å². The number of hydrogen-bond acceptors (Lipinski definition) is 4. The third kappa shape index (κ3) is 4.80. The Bertz CT molecular complexity index is 1540. The second-order valence-corrected chi connectivity index (χ2v) is 9.52. The van der Waals surface area contributed by atoms with E-state index < -0.39 is 0 Å². The van der Waals surface area contributed by atoms with E-state index in [1.54, 1.807) is 53.0 Å². The number of ether oxygens (including phenoxy) is 1. The van der Waals surface area contributed by atoms with Gasteiger partial charge in [-0.3, -0.25) is 18.7 Å². The number of amides is 1. The number of ketones is 1. The van der Waals surface area contributed by atoms with Gasteiger partial charge in [-0.15, -0.1) is 0 Å². The number of aromatic nitrogens is 2. The number of halogens is 2. The maximum absolute atomic E-state index is 13.7. The molecule has 0 bridgehead atoms. The third-order valence-electron chi connectivity index (χ3n) is 6.44. The Hall–Kier alpha value is -3.81. The van der Waals surface area contributed by atoms with Gasteiger partial charge in [0.1, 0.15) is 11.4 Å². The van der Waals surface area contributed by atoms with Crippen LogP contribution in [0.15, 0.2) is 77.6 Å². The quantitative estimate of drug-likeness (QED) is 0.324. The first-order valence-corrected chi connectivity index (χ1v) is 12.4. The van der Waals surface area contributed by atoms with Crippen LogP contribution < -0.4 is 10.4 Å². The van der Waals surface area contributed by atoms with Gasteiger partial charge in [0, 0.05) is 25.1 Å². The molecule has 188 valence electrons. The summed E-state index contributed by atoms with van der Waals surface area (Å²) in [5.74, 6) is 0.170. The molecule has 0 atom stereocenters. The maximum Gasteiger partial charge on any atom is 0.333 e. The van der Waals surface area contributed by atoms with Crippen LogP contribution in [0.2, 0.25) is 10.0 Å². The van der Waals surface area contributed by atoms with Crippen molar-refractivity contribution in [2.75, 3.05) is 13.7 Å². The van der Waals surface area contributed by atoms with Gasteiger partial charge in [-0.05, 0) is 48.0 Å². The number of carbonyl (C=O) groups is 2. The van der Waals surface area contributed by atoms with Crippen molar-refractivity contribution in [1.29, 1.82) is 0 Å². The Balaban J connectivity index is 1.58. The molecule has 0 radical (unpaired) electrons. The monoisotopic (exact) mass is 535 g/mol. The van der Waals surface area contributed by atoms with Crippen LogP contribution in [-0.2, 0) is 19.5 Å². The van der Waals surface area contributed by atoms with E-state index in [4.69, 9.17) is 27.9 Å². The van der Waals surface area contributed by atoms with Crippen molar-refractivity contribution in [1.82, 2.24) is 14.0 Å². The van der Waals surface area contributed by atoms with Gasteiger partial charge in [0.2, 0.25) is 0 Å². The number of hydrogen-bond donors (Lipinski definition) is 0. The van der Waals surface area contributed by atoms with Crippen LogP contribution in [0.25, 0.3) is 5.69 Å². The number of rotatable bonds is 6. The Morgan fingerprint density at radius 2 is 1.65 bits per heavy atom. The molecule has 4 aromatic rings. The molecule has 0 saturated heterocycles. The van der Waals surface area contributed by atoms with Gasteiger partial charge in [0.25, 0.3) is 5.91 Å². The summed E-state index contributed by atoms with van der Waals surface area (Å²) in [6, 6.07) is 21.0. The summed E-state index contributed by atoms with van der Waals surface area (Å²) in [5.41, 5.74) is 2.22. The summed E-state index contributed by atoms with van der Waals surface area (Å²) < 4.78 is 8.27. The normalized spacial score (nSPS) is 12.8. The summed E-state index contributed by atoms with van der Waals surface area (Å²) >= 11 is 12.1. The number of fused-ring (bicyclic) bond motifs is 1. The van der Waals surface area contributed by atoms with E-state index in [1.165, 1.54) is 10.6 Å². The fourth-order valence-corrected chi connectivity index (χ4v) is 4.86. The fraction of sp³-hybridized carbons (Fsp3) is 0.179. The topological polar surface area (TPSA) is 73.5 Å². The van der Waals surface area contributed by atoms with Crippen molar-refractivity contribution in [2.45, 2.75) is 19.5 Å². The summed E-state index contributed by atoms with van der Waals surface area (Å²) in [6.07, 6.45) is 0.119. The molecule has 3 aromatic carbocycles. The summed E-state index contributed by atoms with van der Waals surface area (Å²) in [4.78, 5) is 42.2. The largest absolute Gasteiger partial charge is 0.497 e. The highest BCUT2D eigenvalue weighted by Crippen LogP contribution is 2.26. The van der Waals surface area contributed by atoms with E-state index in [2.05, 4.69) is 0 Å². The van der Waals surface area contributed by atoms with Crippen molar-refractivity contribution in [3.05, 3.63) is 116 Å². The highest BCUT2D eigenvalue weighted by Gasteiger charge is 2.32. The van der Waals surface area contributed by atoms with Gasteiger partial charge >= 0.3 is 5.69 Å². The average molecular weight is 536 g/mol. The molecular formula is C28H23Cl2N3O4. The molecule has 7 nitrogen and oxygen atoms in total. The molecule has 0 spiro atoms. The Morgan fingerprint density at radius 3 is 2.32 bits per heavy atom. The van der Waals surface area contributed by atoms with E-state index in [9.17, 15) is 14.4 Å². The third-order valence-corrected chi connectivity index (χ3v) is 7.17. The summed E-state index contributed by atoms with van der Waals surface area (Å²) in [6.45, 7) is 0.675. The summed E-state index contributed by atoms with van der Waals surface area (Å²) in [7, 11) is 1.56. The van der Waals surface area contributed by atoms with E-state index in [-0.39, 0.29) is 47.6 Å². The predicted octanol–water partition coefficient (Wildman–Crippen LogP) is 5.04. The van der Waals surface area contributed by atoms with Crippen LogP contribution in [0.3, 0.4) is 0 Å². The molecule has 0 fully saturated rings. The smallest absolute Gasteiger partial charge is 0.333 e. The second-order valence-electron chi connectivity index (χ2n) is 8.70. The Morgan fingerprint density at radius 1 is 0.919 bits per heavy atom. The number of methoxy groups -OCH3 is 1. The highest BCUT2D eigenvalue weighted by atomic mass is 35.5. The van der Waals surface area contributed by atoms with Crippen LogP contribution in [0.5, 0.6) is 5.75 Å². The molecule has 9 heteroatoms. The first-order valence-electron chi connectivity index (χ1n) is 11.7. The first-order chi connectivity index (χ1) is 17.9. The number of carbonyl (C=O) groups excluding carboxylic acids is 2. The maximum atomic E-state index is 13.7. The van der Waals surface area contributed by atoms with Gasteiger partial charge in [0.05, 0.1) is 35.1 Å². The molecule has 1 amide bonds. The fourth-order valence-electron chi connectivity index (χ4n) is 4.57. The lowest BCUT2D eigenvalue weighted by atomic mass is 10.0. The molecule has 1 aliphatic rings. The minimum Gasteiger partial charge on any atom is -0.497 e. The number of nitrogens with zero attached hydrogens (tertiary/aromatic N) is 3. The SMILES string of the molecule is COc1ccc(-n2c(C(=O)Cc3ccccc3)c3n(c2=O)CCN(C(=O)c2ccc(Cl)c(Cl)c2)C3)cc1. The molecule has 1 aromatic heterocycles. The standard InChI is InChI=1S/C28H23Cl2N3O4/c1-37-21-10-8-20(9-11-21)33-26(25(34)15-18-5-3-2-4-6-18)24-17-31(13-14-32(24)28(33)36)27(35)19-7-12-22(29)23(30)16-19/h2-12,16H,13-15,17H2,1H3. The second kappa shape index (κ2) is 10.3. The molecular weight excluding hydrogens is 513 g/mol. The minimum atomic E-state index is -0.321. The van der Waals surface area contributed by atoms with Gasteiger partial charge in [-0.25, -0.2) is 4.79 Å². The Kier molecular flexibility index (Phi) is 6.91. The van der Waals surface area contributed by atoms with Crippen LogP contribution in [0.4, 0.5) is 0 Å². The summed E-state index contributed by atoms with van der Waals surface area (Å²) in [5, 5.41) is 0.641. The van der Waals surface area contributed by atoms with Gasteiger partial charge in [-0.2, -0.15) is 0 Å². The zero-order valence-corrected chi connectivity index (χ0v) is 21.5. The van der Waals surface area contributed by atoms with E-state index >= 15 is 0 Å². The van der Waals surface area contributed by atoms with Gasteiger partial charge < -0.3 is 9.64 Å². The van der Waals surface area contributed by atoms with Crippen molar-refractivity contribution < 1.29 is 14.3 Å². The highest BCUT2D eigenvalue weighted by molar-refractivity contribution is 6.42. The van der Waals surface area contributed by atoms with Crippen LogP contribution in [-0.4, -0.2) is 39.4 Å².